The number of rotatable bonds is 0. The standard InChI is InChI=1S/C7H15NO/c1-6-3-4-8-5-7(6,2)9/h6,8-9H,3-5H2,1-2H3. The van der Waals surface area contributed by atoms with Crippen LogP contribution in [0, 0.1) is 5.92 Å². The van der Waals surface area contributed by atoms with Gasteiger partial charge < -0.3 is 10.4 Å². The average molecular weight is 129 g/mol. The second-order valence-corrected chi connectivity index (χ2v) is 3.22. The molecule has 1 fully saturated rings. The summed E-state index contributed by atoms with van der Waals surface area (Å²) < 4.78 is 0. The molecule has 2 heteroatoms. The van der Waals surface area contributed by atoms with E-state index in [-0.39, 0.29) is 0 Å². The molecule has 0 bridgehead atoms. The highest BCUT2D eigenvalue weighted by Crippen LogP contribution is 2.21. The fraction of sp³-hybridized carbons (Fsp3) is 1.00. The number of nitrogens with one attached hydrogen (secondary N) is 1. The highest BCUT2D eigenvalue weighted by Gasteiger charge is 2.30. The Morgan fingerprint density at radius 3 is 2.67 bits per heavy atom. The minimum atomic E-state index is -0.474. The van der Waals surface area contributed by atoms with Crippen LogP contribution in [-0.2, 0) is 0 Å². The first-order valence-corrected chi connectivity index (χ1v) is 3.56. The Labute approximate surface area is 56.3 Å². The summed E-state index contributed by atoms with van der Waals surface area (Å²) in [5, 5.41) is 12.7. The van der Waals surface area contributed by atoms with Crippen molar-refractivity contribution in [1.29, 1.82) is 0 Å². The summed E-state index contributed by atoms with van der Waals surface area (Å²) in [4.78, 5) is 0. The van der Waals surface area contributed by atoms with Crippen molar-refractivity contribution in [2.75, 3.05) is 13.1 Å². The van der Waals surface area contributed by atoms with E-state index in [9.17, 15) is 5.11 Å². The first-order valence-electron chi connectivity index (χ1n) is 3.56. The molecule has 0 spiro atoms. The van der Waals surface area contributed by atoms with Gasteiger partial charge in [0.25, 0.3) is 0 Å². The highest BCUT2D eigenvalue weighted by atomic mass is 16.3. The fourth-order valence-corrected chi connectivity index (χ4v) is 1.15. The second-order valence-electron chi connectivity index (χ2n) is 3.22. The lowest BCUT2D eigenvalue weighted by Gasteiger charge is -2.35. The summed E-state index contributed by atoms with van der Waals surface area (Å²) in [6.07, 6.45) is 1.09. The zero-order valence-electron chi connectivity index (χ0n) is 6.15. The van der Waals surface area contributed by atoms with Crippen LogP contribution in [0.2, 0.25) is 0 Å². The molecule has 0 aromatic heterocycles. The van der Waals surface area contributed by atoms with Crippen molar-refractivity contribution in [3.63, 3.8) is 0 Å². The molecule has 0 amide bonds. The van der Waals surface area contributed by atoms with Gasteiger partial charge >= 0.3 is 0 Å². The molecule has 0 saturated carbocycles. The Morgan fingerprint density at radius 2 is 2.33 bits per heavy atom. The highest BCUT2D eigenvalue weighted by molar-refractivity contribution is 4.85. The largest absolute Gasteiger partial charge is 0.389 e. The van der Waals surface area contributed by atoms with Gasteiger partial charge in [-0.1, -0.05) is 6.92 Å². The minimum Gasteiger partial charge on any atom is -0.389 e. The number of aliphatic hydroxyl groups is 1. The molecule has 0 aliphatic carbocycles. The molecule has 2 nitrogen and oxygen atoms in total. The summed E-state index contributed by atoms with van der Waals surface area (Å²) in [5.41, 5.74) is -0.474. The van der Waals surface area contributed by atoms with Crippen molar-refractivity contribution in [2.24, 2.45) is 5.92 Å². The number of hydrogen-bond acceptors (Lipinski definition) is 2. The molecule has 2 N–H and O–H groups in total. The van der Waals surface area contributed by atoms with Crippen LogP contribution in [0.25, 0.3) is 0 Å². The zero-order valence-corrected chi connectivity index (χ0v) is 6.15. The molecule has 1 rings (SSSR count). The Morgan fingerprint density at radius 1 is 1.67 bits per heavy atom. The van der Waals surface area contributed by atoms with Gasteiger partial charge in [0.15, 0.2) is 0 Å². The first-order chi connectivity index (χ1) is 4.13. The van der Waals surface area contributed by atoms with Crippen LogP contribution in [0.3, 0.4) is 0 Å². The molecule has 1 saturated heterocycles. The molecular weight excluding hydrogens is 114 g/mol. The summed E-state index contributed by atoms with van der Waals surface area (Å²) in [7, 11) is 0. The maximum atomic E-state index is 9.58. The van der Waals surface area contributed by atoms with Crippen LogP contribution in [0.4, 0.5) is 0 Å². The van der Waals surface area contributed by atoms with Crippen LogP contribution in [0.1, 0.15) is 20.3 Å². The molecule has 1 heterocycles. The van der Waals surface area contributed by atoms with Gasteiger partial charge in [0.2, 0.25) is 0 Å². The molecular formula is C7H15NO. The third kappa shape index (κ3) is 1.43. The summed E-state index contributed by atoms with van der Waals surface area (Å²) in [6.45, 7) is 5.79. The third-order valence-electron chi connectivity index (χ3n) is 2.30. The van der Waals surface area contributed by atoms with Crippen molar-refractivity contribution >= 4 is 0 Å². The number of piperidine rings is 1. The van der Waals surface area contributed by atoms with Gasteiger partial charge in [0, 0.05) is 6.54 Å². The monoisotopic (exact) mass is 129 g/mol. The van der Waals surface area contributed by atoms with Crippen LogP contribution >= 0.6 is 0 Å². The van der Waals surface area contributed by atoms with Crippen molar-refractivity contribution in [2.45, 2.75) is 25.9 Å². The smallest absolute Gasteiger partial charge is 0.0769 e. The molecule has 0 radical (unpaired) electrons. The molecule has 0 aromatic rings. The fourth-order valence-electron chi connectivity index (χ4n) is 1.15. The van der Waals surface area contributed by atoms with Crippen molar-refractivity contribution < 1.29 is 5.11 Å². The molecule has 1 aliphatic rings. The average Bonchev–Trinajstić information content (AvgIpc) is 1.77. The van der Waals surface area contributed by atoms with Crippen molar-refractivity contribution in [3.05, 3.63) is 0 Å². The quantitative estimate of drug-likeness (QED) is 0.495. The minimum absolute atomic E-state index is 0.443. The zero-order chi connectivity index (χ0) is 6.91. The lowest BCUT2D eigenvalue weighted by Crippen LogP contribution is -2.48. The molecule has 54 valence electrons. The SMILES string of the molecule is CC1CCNCC1(C)O. The maximum absolute atomic E-state index is 9.58. The first kappa shape index (κ1) is 7.03. The normalized spacial score (nSPS) is 45.0. The van der Waals surface area contributed by atoms with Gasteiger partial charge in [0.1, 0.15) is 0 Å². The lowest BCUT2D eigenvalue weighted by molar-refractivity contribution is -0.0115. The third-order valence-corrected chi connectivity index (χ3v) is 2.30. The summed E-state index contributed by atoms with van der Waals surface area (Å²) in [6, 6.07) is 0. The van der Waals surface area contributed by atoms with E-state index in [2.05, 4.69) is 12.2 Å². The van der Waals surface area contributed by atoms with E-state index in [1.165, 1.54) is 0 Å². The predicted molar refractivity (Wildman–Crippen MR) is 37.3 cm³/mol. The Kier molecular flexibility index (Phi) is 1.78. The second kappa shape index (κ2) is 2.27. The van der Waals surface area contributed by atoms with Crippen LogP contribution in [0.5, 0.6) is 0 Å². The van der Waals surface area contributed by atoms with E-state index in [0.717, 1.165) is 19.5 Å². The van der Waals surface area contributed by atoms with Crippen LogP contribution in [0.15, 0.2) is 0 Å². The van der Waals surface area contributed by atoms with Gasteiger partial charge in [-0.15, -0.1) is 0 Å². The number of hydrogen-bond donors (Lipinski definition) is 2. The molecule has 2 unspecified atom stereocenters. The van der Waals surface area contributed by atoms with E-state index in [1.807, 2.05) is 6.92 Å². The van der Waals surface area contributed by atoms with Crippen LogP contribution in [-0.4, -0.2) is 23.8 Å². The summed E-state index contributed by atoms with van der Waals surface area (Å²) in [5.74, 6) is 0.443. The van der Waals surface area contributed by atoms with E-state index in [4.69, 9.17) is 0 Å². The van der Waals surface area contributed by atoms with E-state index in [0.29, 0.717) is 5.92 Å². The van der Waals surface area contributed by atoms with Gasteiger partial charge in [-0.2, -0.15) is 0 Å². The maximum Gasteiger partial charge on any atom is 0.0769 e. The predicted octanol–water partition coefficient (Wildman–Crippen LogP) is 0.367. The molecule has 1 aliphatic heterocycles. The number of β-amino-alcohol motifs (C(OH)–C–C–N with tert-alkyl or cyclic N) is 1. The molecule has 2 atom stereocenters. The van der Waals surface area contributed by atoms with Crippen molar-refractivity contribution in [1.82, 2.24) is 5.32 Å². The van der Waals surface area contributed by atoms with E-state index >= 15 is 0 Å². The topological polar surface area (TPSA) is 32.3 Å². The summed E-state index contributed by atoms with van der Waals surface area (Å²) >= 11 is 0. The van der Waals surface area contributed by atoms with Crippen molar-refractivity contribution in [3.8, 4) is 0 Å². The van der Waals surface area contributed by atoms with Gasteiger partial charge in [-0.25, -0.2) is 0 Å². The van der Waals surface area contributed by atoms with Crippen LogP contribution < -0.4 is 5.32 Å². The lowest BCUT2D eigenvalue weighted by atomic mass is 9.85. The van der Waals surface area contributed by atoms with E-state index in [1.54, 1.807) is 0 Å². The molecule has 0 aromatic carbocycles. The Bertz CT molecular complexity index is 101. The molecule has 9 heavy (non-hydrogen) atoms. The Balaban J connectivity index is 2.49. The van der Waals surface area contributed by atoms with E-state index < -0.39 is 5.60 Å². The van der Waals surface area contributed by atoms with Gasteiger partial charge in [-0.3, -0.25) is 0 Å². The Hall–Kier alpha value is -0.0800. The van der Waals surface area contributed by atoms with Gasteiger partial charge in [0.05, 0.1) is 5.60 Å². The van der Waals surface area contributed by atoms with Gasteiger partial charge in [-0.05, 0) is 25.8 Å².